The molecule has 3 aromatic rings. The highest BCUT2D eigenvalue weighted by Crippen LogP contribution is 2.40. The smallest absolute Gasteiger partial charge is 0.143 e. The van der Waals surface area contributed by atoms with Gasteiger partial charge in [0, 0.05) is 20.6 Å². The minimum absolute atomic E-state index is 0.604. The largest absolute Gasteiger partial charge is 0.339 e. The number of halogens is 2. The zero-order chi connectivity index (χ0) is 15.3. The third-order valence-corrected chi connectivity index (χ3v) is 5.42. The number of thiophene rings is 1. The molecule has 0 aliphatic heterocycles. The first-order valence-electron chi connectivity index (χ1n) is 7.12. The second-order valence-corrected chi connectivity index (χ2v) is 7.40. The molecule has 0 amide bonds. The van der Waals surface area contributed by atoms with Crippen LogP contribution in [0.15, 0.2) is 18.2 Å². The molecule has 1 aliphatic rings. The van der Waals surface area contributed by atoms with E-state index in [0.29, 0.717) is 10.0 Å². The Bertz CT molecular complexity index is 868. The number of nitrogens with zero attached hydrogens (tertiary/aromatic N) is 2. The summed E-state index contributed by atoms with van der Waals surface area (Å²) in [6.45, 7) is 1.92. The highest BCUT2D eigenvalue weighted by molar-refractivity contribution is 7.19. The second kappa shape index (κ2) is 5.37. The van der Waals surface area contributed by atoms with Crippen LogP contribution in [0.3, 0.4) is 0 Å². The fraction of sp³-hybridized carbons (Fsp3) is 0.250. The summed E-state index contributed by atoms with van der Waals surface area (Å²) in [6.07, 6.45) is 3.47. The van der Waals surface area contributed by atoms with Crippen molar-refractivity contribution in [3.05, 3.63) is 44.5 Å². The Kier molecular flexibility index (Phi) is 3.48. The molecule has 1 aliphatic carbocycles. The molecule has 0 fully saturated rings. The lowest BCUT2D eigenvalue weighted by Crippen LogP contribution is -1.99. The van der Waals surface area contributed by atoms with Crippen LogP contribution in [0.5, 0.6) is 0 Å². The van der Waals surface area contributed by atoms with Gasteiger partial charge in [0.2, 0.25) is 0 Å². The number of benzene rings is 1. The van der Waals surface area contributed by atoms with Crippen LogP contribution in [-0.2, 0) is 12.8 Å². The summed E-state index contributed by atoms with van der Waals surface area (Å²) in [5.74, 6) is 1.61. The predicted octanol–water partition coefficient (Wildman–Crippen LogP) is 5.54. The van der Waals surface area contributed by atoms with Crippen molar-refractivity contribution in [2.45, 2.75) is 26.2 Å². The molecular formula is C16H13Cl2N3S. The van der Waals surface area contributed by atoms with E-state index in [9.17, 15) is 0 Å². The van der Waals surface area contributed by atoms with Gasteiger partial charge in [0.25, 0.3) is 0 Å². The minimum atomic E-state index is 0.604. The Labute approximate surface area is 142 Å². The Balaban J connectivity index is 1.87. The van der Waals surface area contributed by atoms with Gasteiger partial charge in [0.05, 0.1) is 5.39 Å². The Morgan fingerprint density at radius 2 is 1.86 bits per heavy atom. The van der Waals surface area contributed by atoms with Crippen LogP contribution in [-0.4, -0.2) is 9.97 Å². The van der Waals surface area contributed by atoms with Gasteiger partial charge in [-0.05, 0) is 49.9 Å². The third-order valence-electron chi connectivity index (χ3n) is 3.80. The molecule has 22 heavy (non-hydrogen) atoms. The number of hydrogen-bond donors (Lipinski definition) is 1. The van der Waals surface area contributed by atoms with Crippen molar-refractivity contribution >= 4 is 56.3 Å². The van der Waals surface area contributed by atoms with Gasteiger partial charge in [-0.3, -0.25) is 0 Å². The summed E-state index contributed by atoms with van der Waals surface area (Å²) >= 11 is 14.0. The van der Waals surface area contributed by atoms with Crippen LogP contribution in [0.25, 0.3) is 10.2 Å². The molecule has 3 nitrogen and oxygen atoms in total. The van der Waals surface area contributed by atoms with Crippen LogP contribution in [0.1, 0.15) is 22.7 Å². The monoisotopic (exact) mass is 349 g/mol. The van der Waals surface area contributed by atoms with E-state index in [1.165, 1.54) is 16.9 Å². The van der Waals surface area contributed by atoms with Crippen molar-refractivity contribution in [3.63, 3.8) is 0 Å². The number of rotatable bonds is 2. The van der Waals surface area contributed by atoms with Crippen molar-refractivity contribution in [1.29, 1.82) is 0 Å². The van der Waals surface area contributed by atoms with E-state index in [2.05, 4.69) is 15.3 Å². The summed E-state index contributed by atoms with van der Waals surface area (Å²) in [4.78, 5) is 11.7. The topological polar surface area (TPSA) is 37.8 Å². The molecule has 1 N–H and O–H groups in total. The van der Waals surface area contributed by atoms with E-state index in [1.54, 1.807) is 17.4 Å². The molecule has 0 radical (unpaired) electrons. The van der Waals surface area contributed by atoms with Gasteiger partial charge >= 0.3 is 0 Å². The number of hydrogen-bond acceptors (Lipinski definition) is 4. The average molecular weight is 350 g/mol. The molecule has 6 heteroatoms. The maximum absolute atomic E-state index is 6.08. The van der Waals surface area contributed by atoms with Crippen LogP contribution in [0.2, 0.25) is 10.0 Å². The molecule has 2 aromatic heterocycles. The number of aromatic nitrogens is 2. The van der Waals surface area contributed by atoms with Gasteiger partial charge in [-0.15, -0.1) is 11.3 Å². The first kappa shape index (κ1) is 14.2. The number of aryl methyl sites for hydroxylation is 3. The highest BCUT2D eigenvalue weighted by Gasteiger charge is 2.22. The van der Waals surface area contributed by atoms with Crippen LogP contribution in [0.4, 0.5) is 11.5 Å². The van der Waals surface area contributed by atoms with Gasteiger partial charge in [-0.25, -0.2) is 9.97 Å². The molecule has 0 saturated carbocycles. The minimum Gasteiger partial charge on any atom is -0.339 e. The van der Waals surface area contributed by atoms with Gasteiger partial charge < -0.3 is 5.32 Å². The summed E-state index contributed by atoms with van der Waals surface area (Å²) in [5.41, 5.74) is 2.24. The second-order valence-electron chi connectivity index (χ2n) is 5.44. The van der Waals surface area contributed by atoms with E-state index >= 15 is 0 Å². The zero-order valence-corrected chi connectivity index (χ0v) is 14.2. The summed E-state index contributed by atoms with van der Waals surface area (Å²) in [6, 6.07) is 5.42. The van der Waals surface area contributed by atoms with Gasteiger partial charge in [-0.2, -0.15) is 0 Å². The van der Waals surface area contributed by atoms with Crippen molar-refractivity contribution < 1.29 is 0 Å². The molecule has 0 bridgehead atoms. The van der Waals surface area contributed by atoms with Crippen LogP contribution >= 0.6 is 34.5 Å². The number of nitrogens with one attached hydrogen (secondary N) is 1. The Hall–Kier alpha value is -1.36. The molecule has 0 atom stereocenters. The molecular weight excluding hydrogens is 337 g/mol. The van der Waals surface area contributed by atoms with E-state index in [0.717, 1.165) is 40.4 Å². The Morgan fingerprint density at radius 1 is 1.09 bits per heavy atom. The molecule has 1 aromatic carbocycles. The van der Waals surface area contributed by atoms with E-state index < -0.39 is 0 Å². The predicted molar refractivity (Wildman–Crippen MR) is 93.9 cm³/mol. The fourth-order valence-corrected chi connectivity index (χ4v) is 4.79. The van der Waals surface area contributed by atoms with Crippen LogP contribution < -0.4 is 5.32 Å². The van der Waals surface area contributed by atoms with E-state index in [-0.39, 0.29) is 0 Å². The lowest BCUT2D eigenvalue weighted by atomic mass is 10.2. The average Bonchev–Trinajstić information content (AvgIpc) is 2.96. The standard InChI is InChI=1S/C16H13Cl2N3S/c1-8-19-15(21-11-6-9(17)5-10(18)7-11)14-12-3-2-4-13(12)22-16(14)20-8/h5-7H,2-4H2,1H3,(H,19,20,21). The van der Waals surface area contributed by atoms with Gasteiger partial charge in [0.1, 0.15) is 16.5 Å². The third kappa shape index (κ3) is 2.45. The fourth-order valence-electron chi connectivity index (χ4n) is 2.96. The normalized spacial score (nSPS) is 13.6. The van der Waals surface area contributed by atoms with Gasteiger partial charge in [-0.1, -0.05) is 23.2 Å². The lowest BCUT2D eigenvalue weighted by molar-refractivity contribution is 0.917. The van der Waals surface area contributed by atoms with E-state index in [4.69, 9.17) is 23.2 Å². The summed E-state index contributed by atoms with van der Waals surface area (Å²) in [7, 11) is 0. The van der Waals surface area contributed by atoms with Crippen molar-refractivity contribution in [2.24, 2.45) is 0 Å². The Morgan fingerprint density at radius 3 is 2.64 bits per heavy atom. The van der Waals surface area contributed by atoms with Crippen molar-refractivity contribution in [1.82, 2.24) is 9.97 Å². The zero-order valence-electron chi connectivity index (χ0n) is 11.9. The first-order chi connectivity index (χ1) is 10.6. The molecule has 0 unspecified atom stereocenters. The molecule has 0 saturated heterocycles. The lowest BCUT2D eigenvalue weighted by Gasteiger charge is -2.10. The summed E-state index contributed by atoms with van der Waals surface area (Å²) in [5, 5.41) is 5.73. The maximum atomic E-state index is 6.08. The molecule has 112 valence electrons. The maximum Gasteiger partial charge on any atom is 0.143 e. The molecule has 0 spiro atoms. The van der Waals surface area contributed by atoms with Gasteiger partial charge in [0.15, 0.2) is 0 Å². The highest BCUT2D eigenvalue weighted by atomic mass is 35.5. The molecule has 2 heterocycles. The first-order valence-corrected chi connectivity index (χ1v) is 8.69. The summed E-state index contributed by atoms with van der Waals surface area (Å²) < 4.78 is 0. The molecule has 4 rings (SSSR count). The number of fused-ring (bicyclic) bond motifs is 3. The van der Waals surface area contributed by atoms with Crippen LogP contribution in [0, 0.1) is 6.92 Å². The van der Waals surface area contributed by atoms with Crippen molar-refractivity contribution in [3.8, 4) is 0 Å². The number of anilines is 2. The van der Waals surface area contributed by atoms with Crippen molar-refractivity contribution in [2.75, 3.05) is 5.32 Å². The SMILES string of the molecule is Cc1nc(Nc2cc(Cl)cc(Cl)c2)c2c3c(sc2n1)CCC3. The van der Waals surface area contributed by atoms with E-state index in [1.807, 2.05) is 19.1 Å². The quantitative estimate of drug-likeness (QED) is 0.659.